The molecule has 1 aliphatic rings. The standard InChI is InChI=1S/C28H26BrN5O3S/c1-19-5-7-20(8-6-19)27(36)34-15-13-33(14-16-34)24-11-9-23(10-12-24)30-25(35)18-38-28-32-31-26(37-28)21-3-2-4-22(29)17-21/h2-12,17H,13-16,18H2,1H3,(H,30,35). The van der Waals surface area contributed by atoms with Crippen molar-refractivity contribution in [3.8, 4) is 11.5 Å². The van der Waals surface area contributed by atoms with Gasteiger partial charge in [0.2, 0.25) is 11.8 Å². The Morgan fingerprint density at radius 2 is 1.71 bits per heavy atom. The quantitative estimate of drug-likeness (QED) is 0.284. The lowest BCUT2D eigenvalue weighted by Crippen LogP contribution is -2.48. The van der Waals surface area contributed by atoms with Crippen molar-refractivity contribution in [2.45, 2.75) is 12.1 Å². The van der Waals surface area contributed by atoms with Gasteiger partial charge in [0.05, 0.1) is 5.75 Å². The van der Waals surface area contributed by atoms with Crippen LogP contribution in [-0.4, -0.2) is 58.8 Å². The normalized spacial score (nSPS) is 13.4. The molecule has 4 aromatic rings. The molecule has 0 spiro atoms. The molecule has 5 rings (SSSR count). The predicted octanol–water partition coefficient (Wildman–Crippen LogP) is 5.50. The fraction of sp³-hybridized carbons (Fsp3) is 0.214. The molecule has 10 heteroatoms. The van der Waals surface area contributed by atoms with Gasteiger partial charge in [-0.05, 0) is 61.5 Å². The van der Waals surface area contributed by atoms with Crippen molar-refractivity contribution >= 4 is 50.9 Å². The molecule has 0 atom stereocenters. The Labute approximate surface area is 233 Å². The summed E-state index contributed by atoms with van der Waals surface area (Å²) in [5, 5.41) is 11.3. The largest absolute Gasteiger partial charge is 0.411 e. The number of carbonyl (C=O) groups is 2. The number of amides is 2. The van der Waals surface area contributed by atoms with Crippen molar-refractivity contribution in [3.63, 3.8) is 0 Å². The van der Waals surface area contributed by atoms with Gasteiger partial charge in [0.25, 0.3) is 11.1 Å². The van der Waals surface area contributed by atoms with E-state index in [0.717, 1.165) is 39.9 Å². The maximum atomic E-state index is 12.8. The Bertz CT molecular complexity index is 1420. The number of carbonyl (C=O) groups excluding carboxylic acids is 2. The third-order valence-corrected chi connectivity index (χ3v) is 7.50. The molecule has 1 aliphatic heterocycles. The van der Waals surface area contributed by atoms with Gasteiger partial charge in [0.15, 0.2) is 0 Å². The van der Waals surface area contributed by atoms with E-state index in [9.17, 15) is 9.59 Å². The highest BCUT2D eigenvalue weighted by Gasteiger charge is 2.22. The topological polar surface area (TPSA) is 91.6 Å². The molecule has 2 amide bonds. The first kappa shape index (κ1) is 26.0. The van der Waals surface area contributed by atoms with Crippen LogP contribution in [0.1, 0.15) is 15.9 Å². The van der Waals surface area contributed by atoms with E-state index in [2.05, 4.69) is 36.3 Å². The van der Waals surface area contributed by atoms with Gasteiger partial charge in [-0.25, -0.2) is 0 Å². The lowest BCUT2D eigenvalue weighted by Gasteiger charge is -2.36. The number of thioether (sulfide) groups is 1. The SMILES string of the molecule is Cc1ccc(C(=O)N2CCN(c3ccc(NC(=O)CSc4nnc(-c5cccc(Br)c5)o4)cc3)CC2)cc1. The number of halogens is 1. The van der Waals surface area contributed by atoms with Crippen LogP contribution in [0, 0.1) is 6.92 Å². The van der Waals surface area contributed by atoms with Crippen LogP contribution in [-0.2, 0) is 4.79 Å². The molecule has 8 nitrogen and oxygen atoms in total. The smallest absolute Gasteiger partial charge is 0.277 e. The fourth-order valence-electron chi connectivity index (χ4n) is 4.13. The van der Waals surface area contributed by atoms with Crippen molar-refractivity contribution < 1.29 is 14.0 Å². The molecule has 1 saturated heterocycles. The van der Waals surface area contributed by atoms with Crippen LogP contribution in [0.15, 0.2) is 86.9 Å². The molecule has 0 unspecified atom stereocenters. The van der Waals surface area contributed by atoms with Crippen LogP contribution < -0.4 is 10.2 Å². The Kier molecular flexibility index (Phi) is 8.09. The molecule has 3 aromatic carbocycles. The number of nitrogens with zero attached hydrogens (tertiary/aromatic N) is 4. The van der Waals surface area contributed by atoms with Crippen LogP contribution in [0.25, 0.3) is 11.5 Å². The second-order valence-electron chi connectivity index (χ2n) is 8.91. The predicted molar refractivity (Wildman–Crippen MR) is 153 cm³/mol. The number of piperazine rings is 1. The van der Waals surface area contributed by atoms with E-state index in [1.807, 2.05) is 84.6 Å². The lowest BCUT2D eigenvalue weighted by molar-refractivity contribution is -0.113. The first-order valence-electron chi connectivity index (χ1n) is 12.2. The van der Waals surface area contributed by atoms with Crippen LogP contribution >= 0.6 is 27.7 Å². The fourth-order valence-corrected chi connectivity index (χ4v) is 5.10. The summed E-state index contributed by atoms with van der Waals surface area (Å²) in [4.78, 5) is 29.4. The molecule has 1 fully saturated rings. The lowest BCUT2D eigenvalue weighted by atomic mass is 10.1. The van der Waals surface area contributed by atoms with Gasteiger partial charge in [0.1, 0.15) is 0 Å². The molecule has 38 heavy (non-hydrogen) atoms. The summed E-state index contributed by atoms with van der Waals surface area (Å²) in [6, 6.07) is 23.0. The molecule has 1 N–H and O–H groups in total. The number of hydrogen-bond donors (Lipinski definition) is 1. The van der Waals surface area contributed by atoms with Crippen LogP contribution in [0.4, 0.5) is 11.4 Å². The van der Waals surface area contributed by atoms with Gasteiger partial charge in [-0.3, -0.25) is 9.59 Å². The Hall–Kier alpha value is -3.63. The zero-order chi connectivity index (χ0) is 26.5. The van der Waals surface area contributed by atoms with Crippen molar-refractivity contribution in [1.29, 1.82) is 0 Å². The zero-order valence-electron chi connectivity index (χ0n) is 20.8. The Morgan fingerprint density at radius 3 is 2.42 bits per heavy atom. The van der Waals surface area contributed by atoms with Crippen molar-refractivity contribution in [2.24, 2.45) is 0 Å². The van der Waals surface area contributed by atoms with Crippen LogP contribution in [0.3, 0.4) is 0 Å². The van der Waals surface area contributed by atoms with E-state index in [0.29, 0.717) is 29.9 Å². The van der Waals surface area contributed by atoms with Gasteiger partial charge in [-0.15, -0.1) is 10.2 Å². The van der Waals surface area contributed by atoms with Crippen LogP contribution in [0.5, 0.6) is 0 Å². The summed E-state index contributed by atoms with van der Waals surface area (Å²) < 4.78 is 6.59. The van der Waals surface area contributed by atoms with Crippen molar-refractivity contribution in [2.75, 3.05) is 42.1 Å². The summed E-state index contributed by atoms with van der Waals surface area (Å²) in [7, 11) is 0. The average Bonchev–Trinajstić information content (AvgIpc) is 3.42. The molecule has 0 saturated carbocycles. The number of nitrogens with one attached hydrogen (secondary N) is 1. The second kappa shape index (κ2) is 11.8. The number of aromatic nitrogens is 2. The van der Waals surface area contributed by atoms with Gasteiger partial charge >= 0.3 is 0 Å². The number of aryl methyl sites for hydroxylation is 1. The summed E-state index contributed by atoms with van der Waals surface area (Å²) in [5.41, 5.74) is 4.45. The summed E-state index contributed by atoms with van der Waals surface area (Å²) in [5.74, 6) is 0.475. The monoisotopic (exact) mass is 591 g/mol. The van der Waals surface area contributed by atoms with E-state index in [-0.39, 0.29) is 17.6 Å². The zero-order valence-corrected chi connectivity index (χ0v) is 23.2. The average molecular weight is 593 g/mol. The Morgan fingerprint density at radius 1 is 0.974 bits per heavy atom. The third-order valence-electron chi connectivity index (χ3n) is 6.19. The van der Waals surface area contributed by atoms with Gasteiger partial charge in [0, 0.05) is 53.2 Å². The first-order chi connectivity index (χ1) is 18.4. The molecule has 194 valence electrons. The highest BCUT2D eigenvalue weighted by Crippen LogP contribution is 2.26. The molecule has 0 radical (unpaired) electrons. The number of anilines is 2. The summed E-state index contributed by atoms with van der Waals surface area (Å²) >= 11 is 4.62. The number of rotatable bonds is 7. The van der Waals surface area contributed by atoms with E-state index < -0.39 is 0 Å². The Balaban J connectivity index is 1.09. The molecule has 0 bridgehead atoms. The molecular formula is C28H26BrN5O3S. The highest BCUT2D eigenvalue weighted by molar-refractivity contribution is 9.10. The van der Waals surface area contributed by atoms with Crippen molar-refractivity contribution in [1.82, 2.24) is 15.1 Å². The highest BCUT2D eigenvalue weighted by atomic mass is 79.9. The number of benzene rings is 3. The van der Waals surface area contributed by atoms with Crippen molar-refractivity contribution in [3.05, 3.63) is 88.4 Å². The molecule has 1 aromatic heterocycles. The maximum Gasteiger partial charge on any atom is 0.277 e. The minimum atomic E-state index is -0.159. The minimum absolute atomic E-state index is 0.0745. The molecule has 0 aliphatic carbocycles. The van der Waals surface area contributed by atoms with Gasteiger partial charge < -0.3 is 19.5 Å². The second-order valence-corrected chi connectivity index (χ2v) is 10.8. The van der Waals surface area contributed by atoms with E-state index in [1.54, 1.807) is 0 Å². The van der Waals surface area contributed by atoms with Gasteiger partial charge in [-0.2, -0.15) is 0 Å². The summed E-state index contributed by atoms with van der Waals surface area (Å²) in [6.07, 6.45) is 0. The molecular weight excluding hydrogens is 566 g/mol. The van der Waals surface area contributed by atoms with E-state index in [1.165, 1.54) is 11.8 Å². The van der Waals surface area contributed by atoms with E-state index in [4.69, 9.17) is 4.42 Å². The summed E-state index contributed by atoms with van der Waals surface area (Å²) in [6.45, 7) is 4.86. The van der Waals surface area contributed by atoms with Crippen LogP contribution in [0.2, 0.25) is 0 Å². The first-order valence-corrected chi connectivity index (χ1v) is 14.0. The number of hydrogen-bond acceptors (Lipinski definition) is 7. The third kappa shape index (κ3) is 6.43. The van der Waals surface area contributed by atoms with E-state index >= 15 is 0 Å². The molecule has 2 heterocycles. The van der Waals surface area contributed by atoms with Gasteiger partial charge in [-0.1, -0.05) is 51.5 Å². The maximum absolute atomic E-state index is 12.8. The minimum Gasteiger partial charge on any atom is -0.411 e.